The van der Waals surface area contributed by atoms with Crippen LogP contribution < -0.4 is 5.01 Å². The zero-order valence-corrected chi connectivity index (χ0v) is 15.0. The maximum Gasteiger partial charge on any atom is 0.330 e. The van der Waals surface area contributed by atoms with Crippen molar-refractivity contribution in [3.63, 3.8) is 0 Å². The zero-order chi connectivity index (χ0) is 17.7. The quantitative estimate of drug-likeness (QED) is 0.457. The second kappa shape index (κ2) is 7.97. The van der Waals surface area contributed by atoms with Gasteiger partial charge < -0.3 is 4.74 Å². The number of rotatable bonds is 5. The Kier molecular flexibility index (Phi) is 5.99. The molecule has 0 bridgehead atoms. The van der Waals surface area contributed by atoms with Gasteiger partial charge in [-0.05, 0) is 50.6 Å². The molecule has 0 saturated carbocycles. The van der Waals surface area contributed by atoms with Gasteiger partial charge in [0, 0.05) is 5.02 Å². The van der Waals surface area contributed by atoms with Crippen LogP contribution in [-0.2, 0) is 9.53 Å². The number of ether oxygens (including phenoxy) is 1. The molecule has 0 radical (unpaired) electrons. The average molecular weight is 345 g/mol. The summed E-state index contributed by atoms with van der Waals surface area (Å²) >= 11 is 5.96. The number of hydrogen-bond acceptors (Lipinski definition) is 4. The molecule has 0 fully saturated rings. The van der Waals surface area contributed by atoms with Gasteiger partial charge in [-0.25, -0.2) is 4.79 Å². The molecule has 0 aliphatic rings. The van der Waals surface area contributed by atoms with Gasteiger partial charge in [-0.15, -0.1) is 0 Å². The van der Waals surface area contributed by atoms with Crippen LogP contribution in [0.4, 0.5) is 5.69 Å². The summed E-state index contributed by atoms with van der Waals surface area (Å²) in [5.74, 6) is -0.356. The standard InChI is InChI=1S/C19H21ClN2O2/c1-13-5-7-16(8-6-13)14(2)21-22(15(3)19(23)24-4)18-11-9-17(20)10-12-18/h5-12,15H,1-4H3/b21-14-. The first-order valence-electron chi connectivity index (χ1n) is 7.67. The van der Waals surface area contributed by atoms with E-state index in [4.69, 9.17) is 16.3 Å². The molecule has 2 rings (SSSR count). The maximum absolute atomic E-state index is 12.0. The van der Waals surface area contributed by atoms with Crippen molar-refractivity contribution < 1.29 is 9.53 Å². The van der Waals surface area contributed by atoms with Crippen molar-refractivity contribution in [2.75, 3.05) is 12.1 Å². The summed E-state index contributed by atoms with van der Waals surface area (Å²) in [5.41, 5.74) is 3.75. The number of methoxy groups -OCH3 is 1. The number of nitrogens with zero attached hydrogens (tertiary/aromatic N) is 2. The first kappa shape index (κ1) is 18.0. The first-order chi connectivity index (χ1) is 11.4. The lowest BCUT2D eigenvalue weighted by Gasteiger charge is -2.25. The van der Waals surface area contributed by atoms with Gasteiger partial charge in [0.1, 0.15) is 6.04 Å². The van der Waals surface area contributed by atoms with Crippen molar-refractivity contribution in [3.8, 4) is 0 Å². The molecule has 0 spiro atoms. The number of hydrazone groups is 1. The van der Waals surface area contributed by atoms with Crippen molar-refractivity contribution in [3.05, 3.63) is 64.7 Å². The third kappa shape index (κ3) is 4.36. The minimum atomic E-state index is -0.559. The molecule has 0 aliphatic heterocycles. The molecule has 4 nitrogen and oxygen atoms in total. The van der Waals surface area contributed by atoms with Crippen molar-refractivity contribution in [1.29, 1.82) is 0 Å². The summed E-state index contributed by atoms with van der Waals surface area (Å²) in [4.78, 5) is 12.0. The first-order valence-corrected chi connectivity index (χ1v) is 8.05. The highest BCUT2D eigenvalue weighted by Gasteiger charge is 2.22. The van der Waals surface area contributed by atoms with Crippen LogP contribution in [0.5, 0.6) is 0 Å². The van der Waals surface area contributed by atoms with E-state index >= 15 is 0 Å². The fourth-order valence-electron chi connectivity index (χ4n) is 2.25. The van der Waals surface area contributed by atoms with Gasteiger partial charge >= 0.3 is 5.97 Å². The molecular formula is C19H21ClN2O2. The van der Waals surface area contributed by atoms with E-state index in [0.29, 0.717) is 5.02 Å². The molecule has 2 aromatic carbocycles. The van der Waals surface area contributed by atoms with E-state index in [2.05, 4.69) is 5.10 Å². The van der Waals surface area contributed by atoms with Crippen LogP contribution in [0.1, 0.15) is 25.0 Å². The summed E-state index contributed by atoms with van der Waals surface area (Å²) in [5, 5.41) is 6.93. The minimum absolute atomic E-state index is 0.356. The molecule has 24 heavy (non-hydrogen) atoms. The zero-order valence-electron chi connectivity index (χ0n) is 14.3. The van der Waals surface area contributed by atoms with Crippen LogP contribution in [0.15, 0.2) is 53.6 Å². The highest BCUT2D eigenvalue weighted by Crippen LogP contribution is 2.22. The number of anilines is 1. The molecule has 1 atom stereocenters. The van der Waals surface area contributed by atoms with E-state index in [9.17, 15) is 4.79 Å². The molecule has 0 aromatic heterocycles. The molecule has 1 unspecified atom stereocenters. The molecule has 2 aromatic rings. The van der Waals surface area contributed by atoms with E-state index in [0.717, 1.165) is 17.0 Å². The van der Waals surface area contributed by atoms with Gasteiger partial charge in [0.2, 0.25) is 0 Å². The second-order valence-corrected chi connectivity index (χ2v) is 6.01. The van der Waals surface area contributed by atoms with Crippen molar-refractivity contribution >= 4 is 29.0 Å². The van der Waals surface area contributed by atoms with Gasteiger partial charge in [-0.2, -0.15) is 5.10 Å². The number of benzene rings is 2. The Morgan fingerprint density at radius 2 is 1.71 bits per heavy atom. The topological polar surface area (TPSA) is 41.9 Å². The SMILES string of the molecule is COC(=O)C(C)N(/N=C(/C)c1ccc(C)cc1)c1ccc(Cl)cc1. The second-order valence-electron chi connectivity index (χ2n) is 5.57. The monoisotopic (exact) mass is 344 g/mol. The predicted octanol–water partition coefficient (Wildman–Crippen LogP) is 4.44. The number of esters is 1. The molecule has 0 N–H and O–H groups in total. The van der Waals surface area contributed by atoms with E-state index in [1.54, 1.807) is 24.1 Å². The van der Waals surface area contributed by atoms with Crippen LogP contribution in [0.25, 0.3) is 0 Å². The van der Waals surface area contributed by atoms with E-state index in [-0.39, 0.29) is 5.97 Å². The van der Waals surface area contributed by atoms with Crippen molar-refractivity contribution in [1.82, 2.24) is 0 Å². The molecule has 0 amide bonds. The van der Waals surface area contributed by atoms with Gasteiger partial charge in [-0.3, -0.25) is 5.01 Å². The van der Waals surface area contributed by atoms with Gasteiger partial charge in [0.25, 0.3) is 0 Å². The molecule has 5 heteroatoms. The van der Waals surface area contributed by atoms with Crippen LogP contribution in [0.3, 0.4) is 0 Å². The van der Waals surface area contributed by atoms with E-state index < -0.39 is 6.04 Å². The highest BCUT2D eigenvalue weighted by molar-refractivity contribution is 6.30. The maximum atomic E-state index is 12.0. The fourth-order valence-corrected chi connectivity index (χ4v) is 2.37. The smallest absolute Gasteiger partial charge is 0.330 e. The number of aryl methyl sites for hydroxylation is 1. The van der Waals surface area contributed by atoms with E-state index in [1.165, 1.54) is 12.7 Å². The van der Waals surface area contributed by atoms with Crippen molar-refractivity contribution in [2.24, 2.45) is 5.10 Å². The summed E-state index contributed by atoms with van der Waals surface area (Å²) in [6, 6.07) is 14.7. The number of halogens is 1. The molecule has 0 saturated heterocycles. The Labute approximate surface area is 147 Å². The predicted molar refractivity (Wildman–Crippen MR) is 98.8 cm³/mol. The van der Waals surface area contributed by atoms with Crippen LogP contribution in [0, 0.1) is 6.92 Å². The molecule has 0 aliphatic carbocycles. The summed E-state index contributed by atoms with van der Waals surface area (Å²) < 4.78 is 4.87. The highest BCUT2D eigenvalue weighted by atomic mass is 35.5. The lowest BCUT2D eigenvalue weighted by atomic mass is 10.1. The molecule has 126 valence electrons. The largest absolute Gasteiger partial charge is 0.467 e. The molecule has 0 heterocycles. The van der Waals surface area contributed by atoms with Crippen LogP contribution >= 0.6 is 11.6 Å². The lowest BCUT2D eigenvalue weighted by Crippen LogP contribution is -2.36. The van der Waals surface area contributed by atoms with E-state index in [1.807, 2.05) is 50.2 Å². The lowest BCUT2D eigenvalue weighted by molar-refractivity contribution is -0.141. The Morgan fingerprint density at radius 3 is 2.25 bits per heavy atom. The fraction of sp³-hybridized carbons (Fsp3) is 0.263. The normalized spacial score (nSPS) is 12.6. The number of hydrogen-bond donors (Lipinski definition) is 0. The Morgan fingerprint density at radius 1 is 1.12 bits per heavy atom. The Balaban J connectivity index is 2.41. The third-order valence-electron chi connectivity index (χ3n) is 3.73. The van der Waals surface area contributed by atoms with Crippen molar-refractivity contribution in [2.45, 2.75) is 26.8 Å². The summed E-state index contributed by atoms with van der Waals surface area (Å²) in [7, 11) is 1.37. The molecular weight excluding hydrogens is 324 g/mol. The van der Waals surface area contributed by atoms with Gasteiger partial charge in [0.05, 0.1) is 18.5 Å². The average Bonchev–Trinajstić information content (AvgIpc) is 2.59. The Hall–Kier alpha value is -2.33. The summed E-state index contributed by atoms with van der Waals surface area (Å²) in [6.07, 6.45) is 0. The van der Waals surface area contributed by atoms with Crippen LogP contribution in [0.2, 0.25) is 5.02 Å². The van der Waals surface area contributed by atoms with Gasteiger partial charge in [0.15, 0.2) is 0 Å². The number of carbonyl (C=O) groups is 1. The Bertz CT molecular complexity index is 724. The van der Waals surface area contributed by atoms with Crippen LogP contribution in [-0.4, -0.2) is 24.8 Å². The summed E-state index contributed by atoms with van der Waals surface area (Å²) in [6.45, 7) is 5.71. The minimum Gasteiger partial charge on any atom is -0.467 e. The third-order valence-corrected chi connectivity index (χ3v) is 3.98. The number of carbonyl (C=O) groups excluding carboxylic acids is 1. The van der Waals surface area contributed by atoms with Gasteiger partial charge in [-0.1, -0.05) is 41.4 Å².